The van der Waals surface area contributed by atoms with Crippen molar-refractivity contribution in [3.8, 4) is 0 Å². The zero-order chi connectivity index (χ0) is 6.10. The standard InChI is InChI=1S/C6H5N3/c1-2-5-4-8-9-6(5)7-3-1/h1-2,4H,3H2. The van der Waals surface area contributed by atoms with Gasteiger partial charge in [-0.3, -0.25) is 4.99 Å². The highest BCUT2D eigenvalue weighted by Gasteiger charge is 2.09. The highest BCUT2D eigenvalue weighted by atomic mass is 15.2. The molecule has 0 saturated heterocycles. The van der Waals surface area contributed by atoms with Crippen LogP contribution in [0.2, 0.25) is 0 Å². The Morgan fingerprint density at radius 2 is 2.44 bits per heavy atom. The molecule has 0 amide bonds. The molecule has 2 aliphatic heterocycles. The summed E-state index contributed by atoms with van der Waals surface area (Å²) in [6, 6.07) is 0. The molecule has 3 heteroatoms. The normalized spacial score (nSPS) is 21.3. The maximum Gasteiger partial charge on any atom is 0.179 e. The van der Waals surface area contributed by atoms with Crippen LogP contribution in [0.5, 0.6) is 0 Å². The summed E-state index contributed by atoms with van der Waals surface area (Å²) in [4.78, 5) is 4.09. The van der Waals surface area contributed by atoms with Crippen molar-refractivity contribution in [1.82, 2.24) is 0 Å². The van der Waals surface area contributed by atoms with Crippen LogP contribution in [-0.4, -0.2) is 12.4 Å². The molecule has 0 unspecified atom stereocenters. The van der Waals surface area contributed by atoms with Crippen molar-refractivity contribution in [3.05, 3.63) is 23.9 Å². The van der Waals surface area contributed by atoms with E-state index in [1.54, 1.807) is 6.20 Å². The Kier molecular flexibility index (Phi) is 0.828. The van der Waals surface area contributed by atoms with Crippen molar-refractivity contribution in [3.63, 3.8) is 0 Å². The van der Waals surface area contributed by atoms with Crippen molar-refractivity contribution in [2.45, 2.75) is 0 Å². The molecule has 9 heavy (non-hydrogen) atoms. The van der Waals surface area contributed by atoms with Gasteiger partial charge in [0.05, 0.1) is 12.7 Å². The molecular formula is C6H5N3. The maximum absolute atomic E-state index is 4.09. The number of amidine groups is 1. The minimum absolute atomic E-state index is 0.742. The van der Waals surface area contributed by atoms with Crippen LogP contribution in [0.3, 0.4) is 0 Å². The van der Waals surface area contributed by atoms with E-state index in [9.17, 15) is 0 Å². The average molecular weight is 119 g/mol. The van der Waals surface area contributed by atoms with Gasteiger partial charge in [0.25, 0.3) is 0 Å². The smallest absolute Gasteiger partial charge is 0.179 e. The molecule has 2 rings (SSSR count). The summed E-state index contributed by atoms with van der Waals surface area (Å²) in [5.74, 6) is 0.775. The monoisotopic (exact) mass is 119 g/mol. The van der Waals surface area contributed by atoms with E-state index in [2.05, 4.69) is 15.2 Å². The molecule has 0 spiro atoms. The molecule has 0 aromatic heterocycles. The van der Waals surface area contributed by atoms with Gasteiger partial charge in [0.1, 0.15) is 0 Å². The summed E-state index contributed by atoms with van der Waals surface area (Å²) in [7, 11) is 0. The Hall–Kier alpha value is -1.25. The third kappa shape index (κ3) is 0.614. The fraction of sp³-hybridized carbons (Fsp3) is 0.167. The lowest BCUT2D eigenvalue weighted by Gasteiger charge is -1.97. The molecule has 0 bridgehead atoms. The molecule has 44 valence electrons. The quantitative estimate of drug-likeness (QED) is 0.461. The van der Waals surface area contributed by atoms with E-state index in [4.69, 9.17) is 0 Å². The molecule has 0 radical (unpaired) electrons. The molecular weight excluding hydrogens is 114 g/mol. The minimum Gasteiger partial charge on any atom is -0.260 e. The van der Waals surface area contributed by atoms with Crippen LogP contribution in [0.4, 0.5) is 0 Å². The molecule has 0 saturated carbocycles. The summed E-state index contributed by atoms with van der Waals surface area (Å²) >= 11 is 0. The number of hydrogen-bond acceptors (Lipinski definition) is 3. The van der Waals surface area contributed by atoms with Crippen LogP contribution in [0.15, 0.2) is 39.1 Å². The van der Waals surface area contributed by atoms with Gasteiger partial charge in [-0.05, 0) is 0 Å². The Morgan fingerprint density at radius 1 is 1.44 bits per heavy atom. The van der Waals surface area contributed by atoms with E-state index < -0.39 is 0 Å². The topological polar surface area (TPSA) is 37.1 Å². The first-order valence-electron chi connectivity index (χ1n) is 2.79. The lowest BCUT2D eigenvalue weighted by molar-refractivity contribution is 1.19. The second kappa shape index (κ2) is 1.62. The molecule has 0 fully saturated rings. The molecule has 2 heterocycles. The van der Waals surface area contributed by atoms with Crippen molar-refractivity contribution in [2.24, 2.45) is 15.2 Å². The number of dihydropyridines is 1. The van der Waals surface area contributed by atoms with E-state index in [1.807, 2.05) is 12.2 Å². The molecule has 2 aliphatic rings. The van der Waals surface area contributed by atoms with Crippen LogP contribution in [0, 0.1) is 0 Å². The van der Waals surface area contributed by atoms with Gasteiger partial charge in [-0.15, -0.1) is 5.11 Å². The summed E-state index contributed by atoms with van der Waals surface area (Å²) < 4.78 is 0. The van der Waals surface area contributed by atoms with Gasteiger partial charge in [0.2, 0.25) is 0 Å². The molecule has 3 nitrogen and oxygen atoms in total. The van der Waals surface area contributed by atoms with Crippen LogP contribution >= 0.6 is 0 Å². The molecule has 0 aliphatic carbocycles. The Balaban J connectivity index is 2.46. The predicted octanol–water partition coefficient (Wildman–Crippen LogP) is 1.30. The Labute approximate surface area is 52.5 Å². The third-order valence-corrected chi connectivity index (χ3v) is 1.25. The zero-order valence-corrected chi connectivity index (χ0v) is 4.78. The highest BCUT2D eigenvalue weighted by molar-refractivity contribution is 6.03. The Morgan fingerprint density at radius 3 is 3.33 bits per heavy atom. The third-order valence-electron chi connectivity index (χ3n) is 1.25. The summed E-state index contributed by atoms with van der Waals surface area (Å²) in [6.07, 6.45) is 5.70. The van der Waals surface area contributed by atoms with E-state index in [1.165, 1.54) is 0 Å². The molecule has 0 aromatic carbocycles. The molecule has 0 aromatic rings. The number of rotatable bonds is 0. The summed E-state index contributed by atoms with van der Waals surface area (Å²) in [5, 5.41) is 7.50. The first-order valence-corrected chi connectivity index (χ1v) is 2.79. The van der Waals surface area contributed by atoms with E-state index >= 15 is 0 Å². The van der Waals surface area contributed by atoms with Crippen LogP contribution in [-0.2, 0) is 0 Å². The van der Waals surface area contributed by atoms with Gasteiger partial charge in [-0.25, -0.2) is 0 Å². The summed E-state index contributed by atoms with van der Waals surface area (Å²) in [5.41, 5.74) is 1.03. The number of fused-ring (bicyclic) bond motifs is 1. The van der Waals surface area contributed by atoms with Crippen LogP contribution in [0.25, 0.3) is 0 Å². The van der Waals surface area contributed by atoms with Gasteiger partial charge in [-0.2, -0.15) is 5.11 Å². The maximum atomic E-state index is 4.09. The van der Waals surface area contributed by atoms with Crippen LogP contribution in [0.1, 0.15) is 0 Å². The lowest BCUT2D eigenvalue weighted by atomic mass is 10.2. The average Bonchev–Trinajstić information content (AvgIpc) is 2.33. The molecule has 0 N–H and O–H groups in total. The molecule has 0 atom stereocenters. The van der Waals surface area contributed by atoms with Gasteiger partial charge >= 0.3 is 0 Å². The fourth-order valence-corrected chi connectivity index (χ4v) is 0.821. The van der Waals surface area contributed by atoms with Gasteiger partial charge in [0, 0.05) is 5.57 Å². The van der Waals surface area contributed by atoms with Crippen LogP contribution < -0.4 is 0 Å². The van der Waals surface area contributed by atoms with Crippen molar-refractivity contribution < 1.29 is 0 Å². The van der Waals surface area contributed by atoms with Gasteiger partial charge in [-0.1, -0.05) is 12.2 Å². The fourth-order valence-electron chi connectivity index (χ4n) is 0.821. The van der Waals surface area contributed by atoms with Gasteiger partial charge in [0.15, 0.2) is 5.84 Å². The van der Waals surface area contributed by atoms with Crippen molar-refractivity contribution in [1.29, 1.82) is 0 Å². The number of azo groups is 1. The second-order valence-electron chi connectivity index (χ2n) is 1.87. The lowest BCUT2D eigenvalue weighted by Crippen LogP contribution is -1.98. The minimum atomic E-state index is 0.742. The second-order valence-corrected chi connectivity index (χ2v) is 1.87. The SMILES string of the molecule is C1=CC2=CN=NC2=NC1. The van der Waals surface area contributed by atoms with E-state index in [0.717, 1.165) is 18.0 Å². The van der Waals surface area contributed by atoms with E-state index in [-0.39, 0.29) is 0 Å². The largest absolute Gasteiger partial charge is 0.260 e. The van der Waals surface area contributed by atoms with Gasteiger partial charge < -0.3 is 0 Å². The van der Waals surface area contributed by atoms with Crippen molar-refractivity contribution >= 4 is 5.84 Å². The van der Waals surface area contributed by atoms with E-state index in [0.29, 0.717) is 0 Å². The van der Waals surface area contributed by atoms with Crippen molar-refractivity contribution in [2.75, 3.05) is 6.54 Å². The number of hydrogen-bond donors (Lipinski definition) is 0. The zero-order valence-electron chi connectivity index (χ0n) is 4.78. The summed E-state index contributed by atoms with van der Waals surface area (Å²) in [6.45, 7) is 0.742. The Bertz CT molecular complexity index is 245. The predicted molar refractivity (Wildman–Crippen MR) is 34.4 cm³/mol. The number of aliphatic imine (C=N–C) groups is 1. The number of nitrogens with zero attached hydrogens (tertiary/aromatic N) is 3. The highest BCUT2D eigenvalue weighted by Crippen LogP contribution is 2.13. The first kappa shape index (κ1) is 4.61. The first-order chi connectivity index (χ1) is 4.47.